The molecule has 0 aromatic rings. The molecule has 176 valence electrons. The topological polar surface area (TPSA) is 247 Å². The van der Waals surface area contributed by atoms with Gasteiger partial charge in [-0.3, -0.25) is 19.4 Å². The van der Waals surface area contributed by atoms with Gasteiger partial charge in [0.05, 0.1) is 13.2 Å². The van der Waals surface area contributed by atoms with E-state index in [0.717, 1.165) is 0 Å². The summed E-state index contributed by atoms with van der Waals surface area (Å²) in [5.74, 6) is -3.57. The normalized spacial score (nSPS) is 18.5. The Morgan fingerprint density at radius 2 is 1.77 bits per heavy atom. The number of rotatable bonds is 12. The number of amides is 3. The molecule has 3 amide bonds. The molecule has 1 fully saturated rings. The van der Waals surface area contributed by atoms with Crippen molar-refractivity contribution in [3.63, 3.8) is 0 Å². The third-order valence-electron chi connectivity index (χ3n) is 4.73. The minimum atomic E-state index is -1.35. The summed E-state index contributed by atoms with van der Waals surface area (Å²) in [7, 11) is 0. The molecule has 0 aliphatic carbocycles. The second kappa shape index (κ2) is 12.7. The van der Waals surface area contributed by atoms with E-state index in [1.54, 1.807) is 0 Å². The van der Waals surface area contributed by atoms with Crippen molar-refractivity contribution in [2.24, 2.45) is 22.2 Å². The van der Waals surface area contributed by atoms with Crippen molar-refractivity contribution in [1.29, 1.82) is 0 Å². The molecule has 1 heterocycles. The van der Waals surface area contributed by atoms with Gasteiger partial charge in [-0.05, 0) is 25.7 Å². The van der Waals surface area contributed by atoms with Crippen LogP contribution in [0.25, 0.3) is 0 Å². The first kappa shape index (κ1) is 26.1. The van der Waals surface area contributed by atoms with Gasteiger partial charge in [0.2, 0.25) is 17.7 Å². The number of carbonyl (C=O) groups is 4. The van der Waals surface area contributed by atoms with Gasteiger partial charge in [-0.1, -0.05) is 0 Å². The number of nitrogens with zero attached hydrogens (tertiary/aromatic N) is 2. The molecule has 4 atom stereocenters. The number of carbonyl (C=O) groups excluding carboxylic acids is 3. The van der Waals surface area contributed by atoms with Gasteiger partial charge in [-0.25, -0.2) is 4.79 Å². The Morgan fingerprint density at radius 1 is 1.10 bits per heavy atom. The predicted molar refractivity (Wildman–Crippen MR) is 108 cm³/mol. The monoisotopic (exact) mass is 445 g/mol. The number of likely N-dealkylation sites (tertiary alicyclic amines) is 1. The van der Waals surface area contributed by atoms with Crippen molar-refractivity contribution < 1.29 is 34.5 Å². The fourth-order valence-corrected chi connectivity index (χ4v) is 3.08. The van der Waals surface area contributed by atoms with Gasteiger partial charge >= 0.3 is 5.97 Å². The van der Waals surface area contributed by atoms with Gasteiger partial charge in [0.1, 0.15) is 24.2 Å². The highest BCUT2D eigenvalue weighted by Gasteiger charge is 2.38. The van der Waals surface area contributed by atoms with E-state index in [4.69, 9.17) is 22.3 Å². The minimum absolute atomic E-state index is 0.0763. The fraction of sp³-hybridized carbons (Fsp3) is 0.706. The van der Waals surface area contributed by atoms with Crippen molar-refractivity contribution in [2.75, 3.05) is 26.3 Å². The molecule has 1 aliphatic heterocycles. The molecule has 0 saturated carbocycles. The van der Waals surface area contributed by atoms with Gasteiger partial charge in [-0.2, -0.15) is 0 Å². The highest BCUT2D eigenvalue weighted by atomic mass is 16.4. The number of aliphatic carboxylic acids is 1. The summed E-state index contributed by atoms with van der Waals surface area (Å²) in [6.45, 7) is -0.996. The number of carboxylic acid groups (broad SMARTS) is 1. The lowest BCUT2D eigenvalue weighted by atomic mass is 10.1. The van der Waals surface area contributed by atoms with Crippen molar-refractivity contribution >= 4 is 29.7 Å². The Hall–Kier alpha value is -2.97. The molecule has 1 saturated heterocycles. The maximum atomic E-state index is 12.7. The maximum absolute atomic E-state index is 12.7. The number of carboxylic acids is 1. The summed E-state index contributed by atoms with van der Waals surface area (Å²) < 4.78 is 0. The van der Waals surface area contributed by atoms with Gasteiger partial charge in [0.25, 0.3) is 0 Å². The van der Waals surface area contributed by atoms with Crippen LogP contribution >= 0.6 is 0 Å². The third kappa shape index (κ3) is 7.99. The fourth-order valence-electron chi connectivity index (χ4n) is 3.08. The molecule has 0 aromatic carbocycles. The standard InChI is InChI=1S/C17H31N7O7/c18-9(7-25)13(27)23-11(8-26)15(29)24-6-2-4-12(24)14(28)22-10(16(30)31)3-1-5-21-17(19)20/h9-12,25-26H,1-8,18H2,(H,22,28)(H,23,27)(H,30,31)(H4,19,20,21). The molecule has 4 unspecified atom stereocenters. The summed E-state index contributed by atoms with van der Waals surface area (Å²) >= 11 is 0. The molecule has 1 aliphatic rings. The summed E-state index contributed by atoms with van der Waals surface area (Å²) in [5, 5.41) is 32.4. The Morgan fingerprint density at radius 3 is 2.32 bits per heavy atom. The Balaban J connectivity index is 2.77. The van der Waals surface area contributed by atoms with Crippen molar-refractivity contribution in [3.05, 3.63) is 0 Å². The first-order valence-electron chi connectivity index (χ1n) is 9.79. The lowest BCUT2D eigenvalue weighted by Gasteiger charge is -2.29. The smallest absolute Gasteiger partial charge is 0.326 e. The number of aliphatic imine (C=N–C) groups is 1. The highest BCUT2D eigenvalue weighted by Crippen LogP contribution is 2.19. The van der Waals surface area contributed by atoms with Crippen LogP contribution in [0.1, 0.15) is 25.7 Å². The van der Waals surface area contributed by atoms with E-state index in [1.807, 2.05) is 0 Å². The molecule has 14 heteroatoms. The molecule has 0 bridgehead atoms. The lowest BCUT2D eigenvalue weighted by molar-refractivity contribution is -0.145. The van der Waals surface area contributed by atoms with Crippen LogP contribution in [-0.2, 0) is 19.2 Å². The van der Waals surface area contributed by atoms with Crippen LogP contribution in [0.5, 0.6) is 0 Å². The Bertz CT molecular complexity index is 684. The summed E-state index contributed by atoms with van der Waals surface area (Å²) in [6.07, 6.45) is 1.16. The predicted octanol–water partition coefficient (Wildman–Crippen LogP) is -4.60. The highest BCUT2D eigenvalue weighted by molar-refractivity contribution is 5.94. The summed E-state index contributed by atoms with van der Waals surface area (Å²) in [5.41, 5.74) is 15.8. The number of hydrogen-bond acceptors (Lipinski definition) is 8. The largest absolute Gasteiger partial charge is 0.480 e. The van der Waals surface area contributed by atoms with E-state index in [1.165, 1.54) is 4.90 Å². The van der Waals surface area contributed by atoms with Crippen LogP contribution in [0.3, 0.4) is 0 Å². The molecule has 0 spiro atoms. The quantitative estimate of drug-likeness (QED) is 0.0810. The molecular weight excluding hydrogens is 414 g/mol. The Labute approximate surface area is 178 Å². The lowest BCUT2D eigenvalue weighted by Crippen LogP contribution is -2.58. The van der Waals surface area contributed by atoms with Crippen LogP contribution in [0, 0.1) is 0 Å². The first-order valence-corrected chi connectivity index (χ1v) is 9.79. The minimum Gasteiger partial charge on any atom is -0.480 e. The average molecular weight is 445 g/mol. The first-order chi connectivity index (χ1) is 14.6. The zero-order valence-corrected chi connectivity index (χ0v) is 17.1. The molecule has 31 heavy (non-hydrogen) atoms. The van der Waals surface area contributed by atoms with Crippen molar-refractivity contribution in [2.45, 2.75) is 49.9 Å². The van der Waals surface area contributed by atoms with Crippen LogP contribution < -0.4 is 27.8 Å². The molecule has 14 nitrogen and oxygen atoms in total. The summed E-state index contributed by atoms with van der Waals surface area (Å²) in [6, 6.07) is -4.78. The second-order valence-corrected chi connectivity index (χ2v) is 7.07. The van der Waals surface area contributed by atoms with Crippen LogP contribution in [0.4, 0.5) is 0 Å². The molecule has 0 aromatic heterocycles. The average Bonchev–Trinajstić information content (AvgIpc) is 3.22. The zero-order valence-electron chi connectivity index (χ0n) is 17.1. The second-order valence-electron chi connectivity index (χ2n) is 7.07. The number of nitrogens with one attached hydrogen (secondary N) is 2. The van der Waals surface area contributed by atoms with E-state index in [-0.39, 0.29) is 25.5 Å². The van der Waals surface area contributed by atoms with E-state index in [9.17, 15) is 29.4 Å². The van der Waals surface area contributed by atoms with E-state index in [2.05, 4.69) is 15.6 Å². The van der Waals surface area contributed by atoms with Gasteiger partial charge in [0, 0.05) is 13.1 Å². The van der Waals surface area contributed by atoms with Crippen LogP contribution in [0.2, 0.25) is 0 Å². The maximum Gasteiger partial charge on any atom is 0.326 e. The summed E-state index contributed by atoms with van der Waals surface area (Å²) in [4.78, 5) is 53.6. The van der Waals surface area contributed by atoms with E-state index >= 15 is 0 Å². The molecule has 0 radical (unpaired) electrons. The van der Waals surface area contributed by atoms with Crippen LogP contribution in [-0.4, -0.2) is 100 Å². The van der Waals surface area contributed by atoms with Crippen molar-refractivity contribution in [3.8, 4) is 0 Å². The van der Waals surface area contributed by atoms with E-state index in [0.29, 0.717) is 19.3 Å². The third-order valence-corrected chi connectivity index (χ3v) is 4.73. The van der Waals surface area contributed by atoms with E-state index < -0.39 is 61.1 Å². The number of guanidine groups is 1. The molecular formula is C17H31N7O7. The van der Waals surface area contributed by atoms with Gasteiger partial charge < -0.3 is 48.1 Å². The SMILES string of the molecule is NC(N)=NCCCC(NC(=O)C1CCCN1C(=O)C(CO)NC(=O)C(N)CO)C(=O)O. The molecule has 1 rings (SSSR count). The number of aliphatic hydroxyl groups excluding tert-OH is 2. The Kier molecular flexibility index (Phi) is 10.6. The zero-order chi connectivity index (χ0) is 23.6. The van der Waals surface area contributed by atoms with Crippen LogP contribution in [0.15, 0.2) is 4.99 Å². The number of nitrogens with two attached hydrogens (primary N) is 3. The number of hydrogen-bond donors (Lipinski definition) is 8. The van der Waals surface area contributed by atoms with Crippen molar-refractivity contribution in [1.82, 2.24) is 15.5 Å². The number of aliphatic hydroxyl groups is 2. The van der Waals surface area contributed by atoms with Gasteiger partial charge in [0.15, 0.2) is 5.96 Å². The van der Waals surface area contributed by atoms with Gasteiger partial charge in [-0.15, -0.1) is 0 Å². The molecule has 11 N–H and O–H groups in total.